The number of hydrogen-bond acceptors (Lipinski definition) is 1. The Kier molecular flexibility index (Phi) is 1.96. The molecule has 0 amide bonds. The summed E-state index contributed by atoms with van der Waals surface area (Å²) in [5.41, 5.74) is 3.91. The third kappa shape index (κ3) is 1.15. The quantitative estimate of drug-likeness (QED) is 0.633. The molecule has 3 aliphatic rings. The Bertz CT molecular complexity index is 569. The minimum Gasteiger partial charge on any atom is -0.299 e. The smallest absolute Gasteiger partial charge is 0.144 e. The summed E-state index contributed by atoms with van der Waals surface area (Å²) in [7, 11) is 0. The van der Waals surface area contributed by atoms with Gasteiger partial charge in [0.25, 0.3) is 0 Å². The molecule has 0 saturated heterocycles. The predicted molar refractivity (Wildman–Crippen MR) is 71.5 cm³/mol. The number of hydrogen-bond donors (Lipinski definition) is 0. The summed E-state index contributed by atoms with van der Waals surface area (Å²) in [4.78, 5) is 12.6. The van der Waals surface area contributed by atoms with E-state index in [2.05, 4.69) is 37.3 Å². The van der Waals surface area contributed by atoms with E-state index in [-0.39, 0.29) is 5.41 Å². The molecule has 3 unspecified atom stereocenters. The number of benzene rings is 1. The van der Waals surface area contributed by atoms with Crippen LogP contribution in [0.5, 0.6) is 0 Å². The van der Waals surface area contributed by atoms with Gasteiger partial charge in [0.2, 0.25) is 0 Å². The molecule has 1 heteroatoms. The van der Waals surface area contributed by atoms with Crippen LogP contribution in [-0.4, -0.2) is 5.78 Å². The molecule has 2 bridgehead atoms. The molecule has 0 aromatic heterocycles. The second kappa shape index (κ2) is 3.34. The topological polar surface area (TPSA) is 17.1 Å². The van der Waals surface area contributed by atoms with Crippen molar-refractivity contribution in [3.05, 3.63) is 47.0 Å². The van der Waals surface area contributed by atoms with Crippen LogP contribution in [0.15, 0.2) is 30.4 Å². The molecule has 1 spiro atoms. The van der Waals surface area contributed by atoms with Crippen LogP contribution < -0.4 is 0 Å². The lowest BCUT2D eigenvalue weighted by molar-refractivity contribution is -0.126. The van der Waals surface area contributed by atoms with E-state index in [9.17, 15) is 4.79 Å². The highest BCUT2D eigenvalue weighted by Crippen LogP contribution is 2.56. The maximum atomic E-state index is 12.6. The largest absolute Gasteiger partial charge is 0.299 e. The SMILES string of the molecule is Cc1ccc2c(c1)C1(CC3C=CC1C3)C(=O)CC2. The van der Waals surface area contributed by atoms with Crippen molar-refractivity contribution >= 4 is 5.78 Å². The van der Waals surface area contributed by atoms with Gasteiger partial charge >= 0.3 is 0 Å². The molecule has 0 radical (unpaired) electrons. The molecule has 1 aromatic carbocycles. The molecule has 3 aliphatic carbocycles. The van der Waals surface area contributed by atoms with Gasteiger partial charge in [-0.3, -0.25) is 4.79 Å². The number of carbonyl (C=O) groups excluding carboxylic acids is 1. The molecule has 4 rings (SSSR count). The van der Waals surface area contributed by atoms with Crippen molar-refractivity contribution in [3.63, 3.8) is 0 Å². The molecule has 1 nitrogen and oxygen atoms in total. The Hall–Kier alpha value is -1.37. The van der Waals surface area contributed by atoms with Crippen molar-refractivity contribution in [3.8, 4) is 0 Å². The molecule has 1 fully saturated rings. The molecule has 18 heavy (non-hydrogen) atoms. The molecule has 0 heterocycles. The monoisotopic (exact) mass is 238 g/mol. The average Bonchev–Trinajstić information content (AvgIpc) is 2.96. The van der Waals surface area contributed by atoms with E-state index in [1.807, 2.05) is 0 Å². The first-order valence-electron chi connectivity index (χ1n) is 7.02. The normalized spacial score (nSPS) is 36.4. The van der Waals surface area contributed by atoms with E-state index >= 15 is 0 Å². The summed E-state index contributed by atoms with van der Waals surface area (Å²) in [5.74, 6) is 1.61. The third-order valence-corrected chi connectivity index (χ3v) is 5.25. The lowest BCUT2D eigenvalue weighted by Gasteiger charge is -2.39. The van der Waals surface area contributed by atoms with Crippen LogP contribution in [0.25, 0.3) is 0 Å². The van der Waals surface area contributed by atoms with Crippen LogP contribution in [-0.2, 0) is 16.6 Å². The fraction of sp³-hybridized carbons (Fsp3) is 0.471. The molecular formula is C17H18O. The number of ketones is 1. The number of carbonyl (C=O) groups is 1. The molecule has 3 atom stereocenters. The maximum Gasteiger partial charge on any atom is 0.144 e. The van der Waals surface area contributed by atoms with Crippen LogP contribution in [0.2, 0.25) is 0 Å². The first kappa shape index (κ1) is 10.5. The first-order valence-corrected chi connectivity index (χ1v) is 7.02. The van der Waals surface area contributed by atoms with Gasteiger partial charge in [0, 0.05) is 6.42 Å². The lowest BCUT2D eigenvalue weighted by atomic mass is 9.62. The van der Waals surface area contributed by atoms with Gasteiger partial charge in [-0.05, 0) is 49.1 Å². The number of Topliss-reactive ketones (excluding diaryl/α,β-unsaturated/α-hetero) is 1. The van der Waals surface area contributed by atoms with Gasteiger partial charge in [-0.2, -0.15) is 0 Å². The van der Waals surface area contributed by atoms with Crippen LogP contribution in [0.4, 0.5) is 0 Å². The number of rotatable bonds is 0. The van der Waals surface area contributed by atoms with E-state index in [0.717, 1.165) is 19.3 Å². The van der Waals surface area contributed by atoms with Crippen molar-refractivity contribution < 1.29 is 4.79 Å². The summed E-state index contributed by atoms with van der Waals surface area (Å²) >= 11 is 0. The predicted octanol–water partition coefficient (Wildman–Crippen LogP) is 3.34. The fourth-order valence-corrected chi connectivity index (χ4v) is 4.43. The molecule has 0 aliphatic heterocycles. The van der Waals surface area contributed by atoms with Gasteiger partial charge in [0.15, 0.2) is 0 Å². The van der Waals surface area contributed by atoms with Crippen molar-refractivity contribution in [1.29, 1.82) is 0 Å². The zero-order valence-electron chi connectivity index (χ0n) is 10.8. The van der Waals surface area contributed by atoms with Gasteiger partial charge in [-0.15, -0.1) is 0 Å². The Morgan fingerprint density at radius 3 is 2.83 bits per heavy atom. The Balaban J connectivity index is 1.96. The Labute approximate surface area is 108 Å². The number of aryl methyl sites for hydroxylation is 2. The highest BCUT2D eigenvalue weighted by Gasteiger charge is 2.55. The summed E-state index contributed by atoms with van der Waals surface area (Å²) in [5, 5.41) is 0. The number of fused-ring (bicyclic) bond motifs is 5. The van der Waals surface area contributed by atoms with Gasteiger partial charge < -0.3 is 0 Å². The van der Waals surface area contributed by atoms with Crippen molar-refractivity contribution in [2.75, 3.05) is 0 Å². The summed E-state index contributed by atoms with van der Waals surface area (Å²) in [6.07, 6.45) is 8.57. The zero-order valence-corrected chi connectivity index (χ0v) is 10.8. The Morgan fingerprint density at radius 1 is 1.22 bits per heavy atom. The third-order valence-electron chi connectivity index (χ3n) is 5.25. The minimum absolute atomic E-state index is 0.154. The summed E-state index contributed by atoms with van der Waals surface area (Å²) < 4.78 is 0. The molecule has 1 aromatic rings. The summed E-state index contributed by atoms with van der Waals surface area (Å²) in [6, 6.07) is 6.71. The van der Waals surface area contributed by atoms with E-state index in [4.69, 9.17) is 0 Å². The van der Waals surface area contributed by atoms with E-state index in [1.165, 1.54) is 23.1 Å². The molecule has 92 valence electrons. The summed E-state index contributed by atoms with van der Waals surface area (Å²) in [6.45, 7) is 2.14. The molecular weight excluding hydrogens is 220 g/mol. The first-order chi connectivity index (χ1) is 8.70. The second-order valence-electron chi connectivity index (χ2n) is 6.25. The van der Waals surface area contributed by atoms with Crippen LogP contribution in [0, 0.1) is 18.8 Å². The van der Waals surface area contributed by atoms with Gasteiger partial charge in [-0.1, -0.05) is 35.9 Å². The van der Waals surface area contributed by atoms with Crippen molar-refractivity contribution in [1.82, 2.24) is 0 Å². The average molecular weight is 238 g/mol. The molecule has 1 saturated carbocycles. The van der Waals surface area contributed by atoms with Crippen LogP contribution in [0.3, 0.4) is 0 Å². The standard InChI is InChI=1S/C17H18O/c1-11-2-4-13-5-7-16(18)17(15(13)8-11)10-12-3-6-14(17)9-12/h2-4,6,8,12,14H,5,7,9-10H2,1H3. The van der Waals surface area contributed by atoms with E-state index in [1.54, 1.807) is 0 Å². The van der Waals surface area contributed by atoms with Gasteiger partial charge in [-0.25, -0.2) is 0 Å². The molecule has 0 N–H and O–H groups in total. The van der Waals surface area contributed by atoms with Crippen molar-refractivity contribution in [2.24, 2.45) is 11.8 Å². The van der Waals surface area contributed by atoms with Crippen LogP contribution in [0.1, 0.15) is 36.0 Å². The number of allylic oxidation sites excluding steroid dienone is 2. The van der Waals surface area contributed by atoms with Gasteiger partial charge in [0.1, 0.15) is 5.78 Å². The second-order valence-corrected chi connectivity index (χ2v) is 6.25. The van der Waals surface area contributed by atoms with Crippen LogP contribution >= 0.6 is 0 Å². The lowest BCUT2D eigenvalue weighted by Crippen LogP contribution is -2.43. The van der Waals surface area contributed by atoms with E-state index in [0.29, 0.717) is 17.6 Å². The highest BCUT2D eigenvalue weighted by molar-refractivity contribution is 5.94. The Morgan fingerprint density at radius 2 is 2.11 bits per heavy atom. The zero-order chi connectivity index (χ0) is 12.3. The van der Waals surface area contributed by atoms with Gasteiger partial charge in [0.05, 0.1) is 5.41 Å². The van der Waals surface area contributed by atoms with E-state index < -0.39 is 0 Å². The fourth-order valence-electron chi connectivity index (χ4n) is 4.43. The maximum absolute atomic E-state index is 12.6. The van der Waals surface area contributed by atoms with Crippen molar-refractivity contribution in [2.45, 2.75) is 38.0 Å². The minimum atomic E-state index is -0.154. The highest BCUT2D eigenvalue weighted by atomic mass is 16.1.